The van der Waals surface area contributed by atoms with Crippen molar-refractivity contribution in [3.05, 3.63) is 0 Å². The Labute approximate surface area is 62.8 Å². The van der Waals surface area contributed by atoms with E-state index in [9.17, 15) is 0 Å². The van der Waals surface area contributed by atoms with Gasteiger partial charge in [0.15, 0.2) is 0 Å². The first-order valence-electron chi connectivity index (χ1n) is 3.53. The molecule has 1 rings (SSSR count). The Bertz CT molecular complexity index is 93.1. The van der Waals surface area contributed by atoms with Crippen molar-refractivity contribution in [3.8, 4) is 0 Å². The van der Waals surface area contributed by atoms with E-state index in [0.717, 1.165) is 5.92 Å². The molecule has 54 valence electrons. The van der Waals surface area contributed by atoms with Gasteiger partial charge in [-0.05, 0) is 26.3 Å². The quantitative estimate of drug-likeness (QED) is 0.507. The molecule has 1 fully saturated rings. The van der Waals surface area contributed by atoms with Crippen LogP contribution in [0, 0.1) is 5.92 Å². The summed E-state index contributed by atoms with van der Waals surface area (Å²) in [4.78, 5) is 2.33. The third-order valence-corrected chi connectivity index (χ3v) is 3.09. The van der Waals surface area contributed by atoms with Crippen LogP contribution in [0.4, 0.5) is 0 Å². The molecule has 1 saturated heterocycles. The first-order chi connectivity index (χ1) is 4.13. The molecule has 1 nitrogen and oxygen atoms in total. The minimum absolute atomic E-state index is 0.495. The average molecular weight is 145 g/mol. The van der Waals surface area contributed by atoms with Crippen LogP contribution in [0.5, 0.6) is 0 Å². The molecule has 0 radical (unpaired) electrons. The maximum absolute atomic E-state index is 4.43. The number of hydrogen-bond donors (Lipinski definition) is 1. The van der Waals surface area contributed by atoms with E-state index in [1.807, 2.05) is 0 Å². The molecule has 1 aliphatic heterocycles. The number of nitrogens with zero attached hydrogens (tertiary/aromatic N) is 1. The second-order valence-corrected chi connectivity index (χ2v) is 3.70. The molecule has 0 aliphatic carbocycles. The Balaban J connectivity index is 2.54. The lowest BCUT2D eigenvalue weighted by Crippen LogP contribution is -2.28. The number of thiol groups is 1. The van der Waals surface area contributed by atoms with Crippen LogP contribution in [0.15, 0.2) is 0 Å². The van der Waals surface area contributed by atoms with Gasteiger partial charge in [-0.1, -0.05) is 6.92 Å². The summed E-state index contributed by atoms with van der Waals surface area (Å²) >= 11 is 4.43. The summed E-state index contributed by atoms with van der Waals surface area (Å²) in [6.45, 7) is 4.55. The molecule has 0 N–H and O–H groups in total. The van der Waals surface area contributed by atoms with E-state index in [4.69, 9.17) is 0 Å². The average Bonchev–Trinajstić information content (AvgIpc) is 1.98. The Kier molecular flexibility index (Phi) is 2.07. The van der Waals surface area contributed by atoms with Crippen molar-refractivity contribution in [1.29, 1.82) is 0 Å². The van der Waals surface area contributed by atoms with Crippen molar-refractivity contribution >= 4 is 12.6 Å². The zero-order valence-electron chi connectivity index (χ0n) is 6.33. The third kappa shape index (κ3) is 1.24. The normalized spacial score (nSPS) is 46.0. The van der Waals surface area contributed by atoms with Crippen LogP contribution < -0.4 is 0 Å². The summed E-state index contributed by atoms with van der Waals surface area (Å²) in [5, 5.41) is 0.495. The van der Waals surface area contributed by atoms with Crippen molar-refractivity contribution in [2.75, 3.05) is 7.05 Å². The number of rotatable bonds is 0. The fourth-order valence-corrected chi connectivity index (χ4v) is 1.91. The summed E-state index contributed by atoms with van der Waals surface area (Å²) in [5.74, 6) is 0.817. The largest absolute Gasteiger partial charge is 0.292 e. The predicted molar refractivity (Wildman–Crippen MR) is 43.8 cm³/mol. The maximum Gasteiger partial charge on any atom is 0.0530 e. The van der Waals surface area contributed by atoms with Gasteiger partial charge in [0.05, 0.1) is 5.37 Å². The summed E-state index contributed by atoms with van der Waals surface area (Å²) in [7, 11) is 2.14. The molecule has 1 heterocycles. The molecule has 0 amide bonds. The number of likely N-dealkylation sites (tertiary alicyclic amines) is 1. The van der Waals surface area contributed by atoms with Gasteiger partial charge in [-0.25, -0.2) is 0 Å². The monoisotopic (exact) mass is 145 g/mol. The molecule has 1 aliphatic rings. The lowest BCUT2D eigenvalue weighted by molar-refractivity contribution is 0.288. The third-order valence-electron chi connectivity index (χ3n) is 2.52. The standard InChI is InChI=1S/C7H15NS/c1-5-4-7(9)8(3)6(5)2/h5-7,9H,4H2,1-3H3/t5?,6?,7-/m1/s1. The topological polar surface area (TPSA) is 3.24 Å². The van der Waals surface area contributed by atoms with E-state index in [1.54, 1.807) is 0 Å². The summed E-state index contributed by atoms with van der Waals surface area (Å²) in [6, 6.07) is 0.715. The molecule has 0 aromatic rings. The van der Waals surface area contributed by atoms with Gasteiger partial charge >= 0.3 is 0 Å². The minimum atomic E-state index is 0.495. The zero-order valence-corrected chi connectivity index (χ0v) is 7.23. The van der Waals surface area contributed by atoms with Crippen LogP contribution in [-0.2, 0) is 0 Å². The van der Waals surface area contributed by atoms with Gasteiger partial charge in [0, 0.05) is 6.04 Å². The van der Waals surface area contributed by atoms with Gasteiger partial charge in [0.1, 0.15) is 0 Å². The molecule has 2 heteroatoms. The minimum Gasteiger partial charge on any atom is -0.292 e. The van der Waals surface area contributed by atoms with Crippen LogP contribution in [0.3, 0.4) is 0 Å². The van der Waals surface area contributed by atoms with Crippen molar-refractivity contribution in [1.82, 2.24) is 4.90 Å². The molecule has 0 aromatic carbocycles. The number of hydrogen-bond acceptors (Lipinski definition) is 2. The summed E-state index contributed by atoms with van der Waals surface area (Å²) in [5.41, 5.74) is 0. The fourth-order valence-electron chi connectivity index (χ4n) is 1.37. The van der Waals surface area contributed by atoms with Crippen LogP contribution in [0.1, 0.15) is 20.3 Å². The fraction of sp³-hybridized carbons (Fsp3) is 1.00. The molecule has 0 spiro atoms. The molecule has 9 heavy (non-hydrogen) atoms. The molecule has 3 atom stereocenters. The molecule has 0 saturated carbocycles. The molecular weight excluding hydrogens is 130 g/mol. The Morgan fingerprint density at radius 2 is 2.00 bits per heavy atom. The van der Waals surface area contributed by atoms with Gasteiger partial charge in [-0.15, -0.1) is 0 Å². The second kappa shape index (κ2) is 2.51. The first-order valence-corrected chi connectivity index (χ1v) is 4.04. The van der Waals surface area contributed by atoms with Crippen molar-refractivity contribution in [2.45, 2.75) is 31.7 Å². The summed E-state index contributed by atoms with van der Waals surface area (Å²) in [6.07, 6.45) is 1.24. The van der Waals surface area contributed by atoms with Crippen molar-refractivity contribution in [3.63, 3.8) is 0 Å². The second-order valence-electron chi connectivity index (χ2n) is 3.10. The van der Waals surface area contributed by atoms with Crippen molar-refractivity contribution < 1.29 is 0 Å². The maximum atomic E-state index is 4.43. The van der Waals surface area contributed by atoms with E-state index < -0.39 is 0 Å². The van der Waals surface area contributed by atoms with Crippen LogP contribution in [0.2, 0.25) is 0 Å². The van der Waals surface area contributed by atoms with Gasteiger partial charge in [0.2, 0.25) is 0 Å². The van der Waals surface area contributed by atoms with Gasteiger partial charge in [-0.3, -0.25) is 4.90 Å². The molecule has 2 unspecified atom stereocenters. The van der Waals surface area contributed by atoms with Crippen molar-refractivity contribution in [2.24, 2.45) is 5.92 Å². The highest BCUT2D eigenvalue weighted by molar-refractivity contribution is 7.80. The zero-order chi connectivity index (χ0) is 7.02. The first kappa shape index (κ1) is 7.42. The van der Waals surface area contributed by atoms with E-state index in [2.05, 4.69) is 38.4 Å². The SMILES string of the molecule is CC1C[C@@H](S)N(C)C1C. The Morgan fingerprint density at radius 1 is 1.44 bits per heavy atom. The lowest BCUT2D eigenvalue weighted by Gasteiger charge is -2.19. The smallest absolute Gasteiger partial charge is 0.0530 e. The highest BCUT2D eigenvalue weighted by Crippen LogP contribution is 2.29. The molecule has 0 bridgehead atoms. The highest BCUT2D eigenvalue weighted by atomic mass is 32.1. The predicted octanol–water partition coefficient (Wildman–Crippen LogP) is 1.60. The van der Waals surface area contributed by atoms with E-state index >= 15 is 0 Å². The van der Waals surface area contributed by atoms with Crippen LogP contribution >= 0.6 is 12.6 Å². The van der Waals surface area contributed by atoms with Gasteiger partial charge in [0.25, 0.3) is 0 Å². The van der Waals surface area contributed by atoms with Gasteiger partial charge in [-0.2, -0.15) is 12.6 Å². The Hall–Kier alpha value is 0.310. The summed E-state index contributed by atoms with van der Waals surface area (Å²) < 4.78 is 0. The van der Waals surface area contributed by atoms with E-state index in [1.165, 1.54) is 6.42 Å². The van der Waals surface area contributed by atoms with E-state index in [0.29, 0.717) is 11.4 Å². The molecular formula is C7H15NS. The Morgan fingerprint density at radius 3 is 2.11 bits per heavy atom. The highest BCUT2D eigenvalue weighted by Gasteiger charge is 2.30. The van der Waals surface area contributed by atoms with E-state index in [-0.39, 0.29) is 0 Å². The lowest BCUT2D eigenvalue weighted by atomic mass is 10.1. The van der Waals surface area contributed by atoms with Crippen LogP contribution in [-0.4, -0.2) is 23.4 Å². The van der Waals surface area contributed by atoms with Gasteiger partial charge < -0.3 is 0 Å². The molecule has 0 aromatic heterocycles. The van der Waals surface area contributed by atoms with Crippen LogP contribution in [0.25, 0.3) is 0 Å².